The number of aromatic hydroxyl groups is 1. The average Bonchev–Trinajstić information content (AvgIpc) is 2.73. The maximum Gasteiger partial charge on any atom is 0.290 e. The van der Waals surface area contributed by atoms with E-state index in [1.807, 2.05) is 26.8 Å². The van der Waals surface area contributed by atoms with Crippen molar-refractivity contribution in [2.24, 2.45) is 20.0 Å². The molecule has 2 aromatic rings. The van der Waals surface area contributed by atoms with Crippen molar-refractivity contribution in [2.45, 2.75) is 26.8 Å². The standard InChI is InChI=1S/C21H28N6O4/c1-11(2)12(3)23-16-17(21(31)27(7)26(6)20(16)30)24-15-9-13(10-22)8-14(18(15)28)19(29)25(4)5/h8-9,11-12,23-24,28H,1-7H3/t12-/m0/s1. The number of nitrogens with zero attached hydrogens (tertiary/aromatic N) is 4. The number of carbonyl (C=O) groups is 1. The van der Waals surface area contributed by atoms with Gasteiger partial charge in [0.1, 0.15) is 11.4 Å². The van der Waals surface area contributed by atoms with Crippen LogP contribution < -0.4 is 21.8 Å². The molecule has 0 aliphatic carbocycles. The molecule has 1 heterocycles. The van der Waals surface area contributed by atoms with Crippen molar-refractivity contribution in [2.75, 3.05) is 24.7 Å². The number of carbonyl (C=O) groups excluding carboxylic acids is 1. The summed E-state index contributed by atoms with van der Waals surface area (Å²) in [6, 6.07) is 4.38. The van der Waals surface area contributed by atoms with Gasteiger partial charge in [-0.15, -0.1) is 0 Å². The van der Waals surface area contributed by atoms with Gasteiger partial charge in [0.15, 0.2) is 5.75 Å². The molecule has 10 heteroatoms. The van der Waals surface area contributed by atoms with Gasteiger partial charge in [0.05, 0.1) is 22.9 Å². The monoisotopic (exact) mass is 428 g/mol. The molecule has 0 bridgehead atoms. The van der Waals surface area contributed by atoms with Gasteiger partial charge in [-0.05, 0) is 25.0 Å². The Morgan fingerprint density at radius 1 is 1.10 bits per heavy atom. The first-order valence-electron chi connectivity index (χ1n) is 9.73. The van der Waals surface area contributed by atoms with Crippen LogP contribution in [0.5, 0.6) is 5.75 Å². The van der Waals surface area contributed by atoms with Crippen LogP contribution in [0.1, 0.15) is 36.7 Å². The molecular weight excluding hydrogens is 400 g/mol. The predicted molar refractivity (Wildman–Crippen MR) is 119 cm³/mol. The molecule has 31 heavy (non-hydrogen) atoms. The zero-order valence-corrected chi connectivity index (χ0v) is 18.8. The lowest BCUT2D eigenvalue weighted by atomic mass is 10.1. The molecule has 3 N–H and O–H groups in total. The Bertz CT molecular complexity index is 1170. The number of rotatable bonds is 6. The molecule has 1 atom stereocenters. The zero-order chi connectivity index (χ0) is 23.6. The van der Waals surface area contributed by atoms with Gasteiger partial charge < -0.3 is 20.6 Å². The molecule has 0 spiro atoms. The fourth-order valence-corrected chi connectivity index (χ4v) is 2.79. The minimum atomic E-state index is -0.525. The van der Waals surface area contributed by atoms with Crippen molar-refractivity contribution in [1.29, 1.82) is 5.26 Å². The quantitative estimate of drug-likeness (QED) is 0.595. The van der Waals surface area contributed by atoms with Crippen LogP contribution in [0, 0.1) is 17.2 Å². The molecule has 1 amide bonds. The van der Waals surface area contributed by atoms with Gasteiger partial charge in [-0.25, -0.2) is 9.36 Å². The highest BCUT2D eigenvalue weighted by Crippen LogP contribution is 2.33. The first kappa shape index (κ1) is 23.5. The van der Waals surface area contributed by atoms with Crippen LogP contribution in [0.15, 0.2) is 21.7 Å². The number of phenolic OH excluding ortho intramolecular Hbond substituents is 1. The Morgan fingerprint density at radius 2 is 1.65 bits per heavy atom. The maximum atomic E-state index is 13.0. The van der Waals surface area contributed by atoms with E-state index in [0.29, 0.717) is 0 Å². The topological polar surface area (TPSA) is 132 Å². The third kappa shape index (κ3) is 4.55. The van der Waals surface area contributed by atoms with Gasteiger partial charge in [0, 0.05) is 34.2 Å². The molecule has 0 saturated carbocycles. The number of phenols is 1. The SMILES string of the molecule is CC(C)[C@H](C)Nc1c(Nc2cc(C#N)cc(C(=O)N(C)C)c2O)c(=O)n(C)n(C)c1=O. The van der Waals surface area contributed by atoms with E-state index >= 15 is 0 Å². The van der Waals surface area contributed by atoms with Crippen molar-refractivity contribution in [1.82, 2.24) is 14.3 Å². The number of anilines is 3. The highest BCUT2D eigenvalue weighted by atomic mass is 16.3. The van der Waals surface area contributed by atoms with Gasteiger partial charge >= 0.3 is 0 Å². The average molecular weight is 428 g/mol. The Hall–Kier alpha value is -3.74. The summed E-state index contributed by atoms with van der Waals surface area (Å²) in [4.78, 5) is 39.6. The lowest BCUT2D eigenvalue weighted by Gasteiger charge is -2.22. The van der Waals surface area contributed by atoms with Crippen LogP contribution in [-0.2, 0) is 14.1 Å². The summed E-state index contributed by atoms with van der Waals surface area (Å²) >= 11 is 0. The highest BCUT2D eigenvalue weighted by Gasteiger charge is 2.23. The molecule has 1 aromatic carbocycles. The normalized spacial score (nSPS) is 11.7. The van der Waals surface area contributed by atoms with E-state index < -0.39 is 22.8 Å². The Balaban J connectivity index is 2.75. The van der Waals surface area contributed by atoms with E-state index in [-0.39, 0.29) is 40.1 Å². The third-order valence-electron chi connectivity index (χ3n) is 5.22. The Labute approximate surface area is 180 Å². The maximum absolute atomic E-state index is 13.0. The summed E-state index contributed by atoms with van der Waals surface area (Å²) in [5, 5.41) is 25.9. The van der Waals surface area contributed by atoms with Crippen LogP contribution in [0.25, 0.3) is 0 Å². The molecule has 2 rings (SSSR count). The van der Waals surface area contributed by atoms with E-state index in [1.54, 1.807) is 0 Å². The Kier molecular flexibility index (Phi) is 6.80. The minimum Gasteiger partial charge on any atom is -0.505 e. The lowest BCUT2D eigenvalue weighted by molar-refractivity contribution is 0.0824. The number of benzene rings is 1. The van der Waals surface area contributed by atoms with Crippen LogP contribution >= 0.6 is 0 Å². The molecule has 0 aliphatic heterocycles. The number of nitrogens with one attached hydrogen (secondary N) is 2. The number of nitriles is 1. The van der Waals surface area contributed by atoms with E-state index in [9.17, 15) is 24.8 Å². The predicted octanol–water partition coefficient (Wildman–Crippen LogP) is 1.56. The molecule has 0 unspecified atom stereocenters. The molecule has 1 aromatic heterocycles. The van der Waals surface area contributed by atoms with Crippen molar-refractivity contribution in [3.63, 3.8) is 0 Å². The van der Waals surface area contributed by atoms with Gasteiger partial charge in [-0.1, -0.05) is 13.8 Å². The molecule has 0 fully saturated rings. The smallest absolute Gasteiger partial charge is 0.290 e. The summed E-state index contributed by atoms with van der Waals surface area (Å²) in [5.41, 5.74) is -1.05. The van der Waals surface area contributed by atoms with Crippen molar-refractivity contribution < 1.29 is 9.90 Å². The summed E-state index contributed by atoms with van der Waals surface area (Å²) < 4.78 is 2.31. The Morgan fingerprint density at radius 3 is 2.13 bits per heavy atom. The van der Waals surface area contributed by atoms with E-state index in [1.165, 1.54) is 49.9 Å². The second-order valence-electron chi connectivity index (χ2n) is 7.94. The van der Waals surface area contributed by atoms with Crippen LogP contribution in [-0.4, -0.2) is 45.4 Å². The molecule has 10 nitrogen and oxygen atoms in total. The number of hydrogen-bond acceptors (Lipinski definition) is 7. The van der Waals surface area contributed by atoms with Crippen LogP contribution in [0.3, 0.4) is 0 Å². The van der Waals surface area contributed by atoms with Crippen molar-refractivity contribution in [3.05, 3.63) is 44.0 Å². The minimum absolute atomic E-state index is 0.0325. The summed E-state index contributed by atoms with van der Waals surface area (Å²) in [6.45, 7) is 5.82. The third-order valence-corrected chi connectivity index (χ3v) is 5.22. The fourth-order valence-electron chi connectivity index (χ4n) is 2.79. The second kappa shape index (κ2) is 8.95. The zero-order valence-electron chi connectivity index (χ0n) is 18.8. The molecule has 0 aliphatic rings. The number of amides is 1. The largest absolute Gasteiger partial charge is 0.505 e. The van der Waals surface area contributed by atoms with Crippen LogP contribution in [0.2, 0.25) is 0 Å². The molecule has 166 valence electrons. The number of aromatic nitrogens is 2. The van der Waals surface area contributed by atoms with Crippen molar-refractivity contribution in [3.8, 4) is 11.8 Å². The van der Waals surface area contributed by atoms with E-state index in [0.717, 1.165) is 4.68 Å². The first-order valence-corrected chi connectivity index (χ1v) is 9.73. The van der Waals surface area contributed by atoms with Gasteiger partial charge in [0.2, 0.25) is 0 Å². The summed E-state index contributed by atoms with van der Waals surface area (Å²) in [5.74, 6) is -0.772. The van der Waals surface area contributed by atoms with E-state index in [4.69, 9.17) is 0 Å². The molecule has 0 radical (unpaired) electrons. The summed E-state index contributed by atoms with van der Waals surface area (Å²) in [7, 11) is 5.94. The highest BCUT2D eigenvalue weighted by molar-refractivity contribution is 5.99. The lowest BCUT2D eigenvalue weighted by Crippen LogP contribution is -2.39. The number of hydrogen-bond donors (Lipinski definition) is 3. The van der Waals surface area contributed by atoms with Crippen LogP contribution in [0.4, 0.5) is 17.1 Å². The fraction of sp³-hybridized carbons (Fsp3) is 0.429. The summed E-state index contributed by atoms with van der Waals surface area (Å²) in [6.07, 6.45) is 0. The van der Waals surface area contributed by atoms with Gasteiger partial charge in [-0.2, -0.15) is 5.26 Å². The molecule has 0 saturated heterocycles. The van der Waals surface area contributed by atoms with Gasteiger partial charge in [0.25, 0.3) is 17.0 Å². The second-order valence-corrected chi connectivity index (χ2v) is 7.94. The first-order chi connectivity index (χ1) is 14.4. The molecular formula is C21H28N6O4. The van der Waals surface area contributed by atoms with E-state index in [2.05, 4.69) is 10.6 Å². The van der Waals surface area contributed by atoms with Gasteiger partial charge in [-0.3, -0.25) is 14.4 Å². The van der Waals surface area contributed by atoms with Crippen molar-refractivity contribution >= 4 is 23.0 Å².